The Balaban J connectivity index is 1.96. The van der Waals surface area contributed by atoms with Crippen LogP contribution in [0.1, 0.15) is 49.8 Å². The van der Waals surface area contributed by atoms with Crippen molar-refractivity contribution >= 4 is 27.5 Å². The van der Waals surface area contributed by atoms with Gasteiger partial charge in [0.2, 0.25) is 0 Å². The Morgan fingerprint density at radius 3 is 2.79 bits per heavy atom. The summed E-state index contributed by atoms with van der Waals surface area (Å²) in [7, 11) is 0. The number of allylic oxidation sites excluding steroid dienone is 1. The Hall–Kier alpha value is -2.53. The number of aryl methyl sites for hydroxylation is 1. The zero-order valence-electron chi connectivity index (χ0n) is 17.0. The van der Waals surface area contributed by atoms with E-state index >= 15 is 0 Å². The predicted octanol–water partition coefficient (Wildman–Crippen LogP) is 6.45. The lowest BCUT2D eigenvalue weighted by Gasteiger charge is -2.34. The van der Waals surface area contributed by atoms with E-state index in [2.05, 4.69) is 23.2 Å². The summed E-state index contributed by atoms with van der Waals surface area (Å²) in [6.45, 7) is 5.49. The number of carboxylic acids is 1. The molecule has 0 aliphatic rings. The molecule has 1 N–H and O–H groups in total. The first kappa shape index (κ1) is 21.2. The number of carboxylic acid groups (broad SMARTS) is 1. The number of benzene rings is 2. The molecule has 3 aromatic rings. The molecule has 1 unspecified atom stereocenters. The summed E-state index contributed by atoms with van der Waals surface area (Å²) >= 11 is 1.61. The van der Waals surface area contributed by atoms with Crippen LogP contribution in [0.4, 0.5) is 4.39 Å². The molecule has 29 heavy (non-hydrogen) atoms. The highest BCUT2D eigenvalue weighted by atomic mass is 32.1. The largest absolute Gasteiger partial charge is 0.480 e. The minimum absolute atomic E-state index is 0.367. The van der Waals surface area contributed by atoms with Gasteiger partial charge in [-0.3, -0.25) is 4.79 Å². The highest BCUT2D eigenvalue weighted by Gasteiger charge is 2.43. The first-order chi connectivity index (χ1) is 13.9. The number of nitrogens with zero attached hydrogens (tertiary/aromatic N) is 1. The van der Waals surface area contributed by atoms with Gasteiger partial charge in [0, 0.05) is 0 Å². The lowest BCUT2D eigenvalue weighted by Crippen LogP contribution is -2.39. The highest BCUT2D eigenvalue weighted by molar-refractivity contribution is 7.16. The van der Waals surface area contributed by atoms with Gasteiger partial charge in [-0.1, -0.05) is 36.8 Å². The first-order valence-electron chi connectivity index (χ1n) is 9.90. The van der Waals surface area contributed by atoms with Gasteiger partial charge in [-0.25, -0.2) is 9.37 Å². The van der Waals surface area contributed by atoms with Gasteiger partial charge in [0.05, 0.1) is 15.7 Å². The molecule has 0 radical (unpaired) electrons. The first-order valence-corrected chi connectivity index (χ1v) is 10.8. The zero-order chi connectivity index (χ0) is 21.0. The maximum absolute atomic E-state index is 14.3. The molecule has 0 aliphatic heterocycles. The van der Waals surface area contributed by atoms with Crippen molar-refractivity contribution < 1.29 is 14.3 Å². The number of carbonyl (C=O) groups is 1. The van der Waals surface area contributed by atoms with Crippen LogP contribution in [0.15, 0.2) is 53.6 Å². The summed E-state index contributed by atoms with van der Waals surface area (Å²) in [6, 6.07) is 11.0. The van der Waals surface area contributed by atoms with Gasteiger partial charge in [-0.15, -0.1) is 11.3 Å². The van der Waals surface area contributed by atoms with Gasteiger partial charge in [0.25, 0.3) is 0 Å². The molecule has 0 bridgehead atoms. The third-order valence-electron chi connectivity index (χ3n) is 5.78. The standard InChI is InChI=1S/C24H26FNO2S/c1-4-18(5-2)24(23(27)28,19-9-6-10-20(25)16(19)3)13-7-8-17-11-12-22-21(14-17)26-15-29-22/h4,6,9-12,14-15H,5,7-8,13H2,1-3H3,(H,27,28). The third-order valence-corrected chi connectivity index (χ3v) is 6.59. The molecule has 152 valence electrons. The number of aliphatic carboxylic acids is 1. The van der Waals surface area contributed by atoms with Crippen molar-refractivity contribution in [3.63, 3.8) is 0 Å². The lowest BCUT2D eigenvalue weighted by molar-refractivity contribution is -0.142. The molecule has 0 amide bonds. The van der Waals surface area contributed by atoms with Crippen LogP contribution in [0.2, 0.25) is 0 Å². The van der Waals surface area contributed by atoms with Crippen LogP contribution in [0.25, 0.3) is 10.2 Å². The van der Waals surface area contributed by atoms with E-state index in [1.807, 2.05) is 25.4 Å². The molecular formula is C24H26FNO2S. The van der Waals surface area contributed by atoms with Crippen LogP contribution in [-0.2, 0) is 16.6 Å². The molecule has 3 nitrogen and oxygen atoms in total. The van der Waals surface area contributed by atoms with Crippen LogP contribution in [0, 0.1) is 12.7 Å². The topological polar surface area (TPSA) is 50.2 Å². The van der Waals surface area contributed by atoms with Crippen LogP contribution >= 0.6 is 11.3 Å². The van der Waals surface area contributed by atoms with E-state index in [9.17, 15) is 14.3 Å². The quantitative estimate of drug-likeness (QED) is 0.434. The molecule has 5 heteroatoms. The normalized spacial score (nSPS) is 14.1. The van der Waals surface area contributed by atoms with E-state index in [0.717, 1.165) is 27.8 Å². The SMILES string of the molecule is CC=C(CC)C(CCCc1ccc2scnc2c1)(C(=O)O)c1cccc(F)c1C. The van der Waals surface area contributed by atoms with E-state index in [4.69, 9.17) is 0 Å². The minimum Gasteiger partial charge on any atom is -0.480 e. The fourth-order valence-corrected chi connectivity index (χ4v) is 4.93. The lowest BCUT2D eigenvalue weighted by atomic mass is 9.68. The summed E-state index contributed by atoms with van der Waals surface area (Å²) in [4.78, 5) is 17.0. The smallest absolute Gasteiger partial charge is 0.318 e. The van der Waals surface area contributed by atoms with Crippen molar-refractivity contribution in [2.24, 2.45) is 0 Å². The average molecular weight is 412 g/mol. The highest BCUT2D eigenvalue weighted by Crippen LogP contribution is 2.41. The Morgan fingerprint density at radius 1 is 1.31 bits per heavy atom. The summed E-state index contributed by atoms with van der Waals surface area (Å²) < 4.78 is 15.5. The van der Waals surface area contributed by atoms with Crippen molar-refractivity contribution in [1.82, 2.24) is 4.98 Å². The second kappa shape index (κ2) is 8.87. The Kier molecular flexibility index (Phi) is 6.48. The van der Waals surface area contributed by atoms with Gasteiger partial charge >= 0.3 is 5.97 Å². The molecule has 1 heterocycles. The molecule has 0 spiro atoms. The molecule has 1 atom stereocenters. The Morgan fingerprint density at radius 2 is 2.10 bits per heavy atom. The second-order valence-electron chi connectivity index (χ2n) is 7.30. The van der Waals surface area contributed by atoms with Crippen LogP contribution in [-0.4, -0.2) is 16.1 Å². The number of rotatable bonds is 8. The molecular weight excluding hydrogens is 385 g/mol. The summed E-state index contributed by atoms with van der Waals surface area (Å²) in [5.41, 5.74) is 4.49. The molecule has 0 saturated heterocycles. The molecule has 3 rings (SSSR count). The minimum atomic E-state index is -1.22. The summed E-state index contributed by atoms with van der Waals surface area (Å²) in [5.74, 6) is -1.29. The number of aromatic nitrogens is 1. The number of thiazole rings is 1. The van der Waals surface area contributed by atoms with E-state index in [1.54, 1.807) is 30.4 Å². The van der Waals surface area contributed by atoms with E-state index in [1.165, 1.54) is 6.07 Å². The number of hydrogen-bond acceptors (Lipinski definition) is 3. The third kappa shape index (κ3) is 3.97. The zero-order valence-corrected chi connectivity index (χ0v) is 17.9. The number of hydrogen-bond donors (Lipinski definition) is 1. The van der Waals surface area contributed by atoms with Crippen molar-refractivity contribution in [3.8, 4) is 0 Å². The fourth-order valence-electron chi connectivity index (χ4n) is 4.27. The molecule has 0 fully saturated rings. The van der Waals surface area contributed by atoms with Gasteiger partial charge in [-0.2, -0.15) is 0 Å². The summed E-state index contributed by atoms with van der Waals surface area (Å²) in [5, 5.41) is 10.4. The Labute approximate surface area is 174 Å². The second-order valence-corrected chi connectivity index (χ2v) is 8.18. The van der Waals surface area contributed by atoms with Crippen LogP contribution < -0.4 is 0 Å². The van der Waals surface area contributed by atoms with Gasteiger partial charge in [0.15, 0.2) is 0 Å². The maximum atomic E-state index is 14.3. The number of halogens is 1. The van der Waals surface area contributed by atoms with Gasteiger partial charge in [0.1, 0.15) is 11.2 Å². The van der Waals surface area contributed by atoms with Crippen LogP contribution in [0.3, 0.4) is 0 Å². The number of fused-ring (bicyclic) bond motifs is 1. The predicted molar refractivity (Wildman–Crippen MR) is 117 cm³/mol. The van der Waals surface area contributed by atoms with E-state index in [-0.39, 0.29) is 5.82 Å². The fraction of sp³-hybridized carbons (Fsp3) is 0.333. The molecule has 2 aromatic carbocycles. The molecule has 0 saturated carbocycles. The monoisotopic (exact) mass is 411 g/mol. The van der Waals surface area contributed by atoms with Gasteiger partial charge in [-0.05, 0) is 74.4 Å². The van der Waals surface area contributed by atoms with E-state index in [0.29, 0.717) is 30.4 Å². The average Bonchev–Trinajstić information content (AvgIpc) is 3.17. The van der Waals surface area contributed by atoms with Crippen LogP contribution in [0.5, 0.6) is 0 Å². The van der Waals surface area contributed by atoms with Crippen molar-refractivity contribution in [2.75, 3.05) is 0 Å². The molecule has 1 aromatic heterocycles. The maximum Gasteiger partial charge on any atom is 0.318 e. The van der Waals surface area contributed by atoms with Crippen molar-refractivity contribution in [3.05, 3.63) is 76.1 Å². The van der Waals surface area contributed by atoms with Crippen molar-refractivity contribution in [1.29, 1.82) is 0 Å². The summed E-state index contributed by atoms with van der Waals surface area (Å²) in [6.07, 6.45) is 4.31. The molecule has 0 aliphatic carbocycles. The van der Waals surface area contributed by atoms with E-state index < -0.39 is 11.4 Å². The Bertz CT molecular complexity index is 1060. The van der Waals surface area contributed by atoms with Gasteiger partial charge < -0.3 is 5.11 Å². The van der Waals surface area contributed by atoms with Crippen molar-refractivity contribution in [2.45, 2.75) is 51.9 Å².